The van der Waals surface area contributed by atoms with Gasteiger partial charge in [-0.2, -0.15) is 8.78 Å². The molecule has 5 heteroatoms. The summed E-state index contributed by atoms with van der Waals surface area (Å²) in [6.07, 6.45) is 0. The molecule has 0 radical (unpaired) electrons. The van der Waals surface area contributed by atoms with Crippen LogP contribution in [0.1, 0.15) is 0 Å². The van der Waals surface area contributed by atoms with E-state index >= 15 is 0 Å². The summed E-state index contributed by atoms with van der Waals surface area (Å²) in [5, 5.41) is 2.26. The Morgan fingerprint density at radius 1 is 1.67 bits per heavy atom. The highest BCUT2D eigenvalue weighted by Crippen LogP contribution is 2.05. The number of alkyl halides is 2. The topological polar surface area (TPSA) is 32.3 Å². The Hall–Kier alpha value is -0.870. The van der Waals surface area contributed by atoms with Gasteiger partial charge in [-0.15, -0.1) is 0 Å². The van der Waals surface area contributed by atoms with Crippen LogP contribution in [0.4, 0.5) is 13.6 Å². The van der Waals surface area contributed by atoms with Crippen LogP contribution in [0.2, 0.25) is 0 Å². The van der Waals surface area contributed by atoms with E-state index in [0.717, 1.165) is 0 Å². The standard InChI is InChI=1S/C4H6F2N2O/c5-3(6)8-2-1-7-4(8)9/h3H,1-2H2,(H,7,9). The van der Waals surface area contributed by atoms with Crippen LogP contribution in [0.3, 0.4) is 0 Å². The highest BCUT2D eigenvalue weighted by atomic mass is 19.3. The van der Waals surface area contributed by atoms with Crippen LogP contribution in [0.25, 0.3) is 0 Å². The number of carbonyl (C=O) groups is 1. The molecular weight excluding hydrogens is 130 g/mol. The Morgan fingerprint density at radius 2 is 2.33 bits per heavy atom. The SMILES string of the molecule is O=C1NCCN1C(F)F. The van der Waals surface area contributed by atoms with E-state index in [-0.39, 0.29) is 6.54 Å². The van der Waals surface area contributed by atoms with Crippen LogP contribution >= 0.6 is 0 Å². The van der Waals surface area contributed by atoms with Crippen molar-refractivity contribution in [2.24, 2.45) is 0 Å². The molecule has 52 valence electrons. The molecule has 0 bridgehead atoms. The molecule has 9 heavy (non-hydrogen) atoms. The predicted molar refractivity (Wildman–Crippen MR) is 26.1 cm³/mol. The van der Waals surface area contributed by atoms with Gasteiger partial charge in [0.15, 0.2) is 0 Å². The van der Waals surface area contributed by atoms with Crippen molar-refractivity contribution >= 4 is 6.03 Å². The highest BCUT2D eigenvalue weighted by molar-refractivity contribution is 5.76. The van der Waals surface area contributed by atoms with Gasteiger partial charge in [0.1, 0.15) is 0 Å². The largest absolute Gasteiger partial charge is 0.336 e. The van der Waals surface area contributed by atoms with Crippen molar-refractivity contribution in [2.75, 3.05) is 13.1 Å². The quantitative estimate of drug-likeness (QED) is 0.514. The van der Waals surface area contributed by atoms with Gasteiger partial charge in [0.2, 0.25) is 0 Å². The van der Waals surface area contributed by atoms with Gasteiger partial charge >= 0.3 is 12.6 Å². The molecule has 1 rings (SSSR count). The minimum atomic E-state index is -2.66. The van der Waals surface area contributed by atoms with Crippen molar-refractivity contribution in [1.82, 2.24) is 10.2 Å². The number of hydrogen-bond acceptors (Lipinski definition) is 1. The van der Waals surface area contributed by atoms with E-state index in [4.69, 9.17) is 0 Å². The molecule has 1 aliphatic heterocycles. The van der Waals surface area contributed by atoms with E-state index in [0.29, 0.717) is 11.4 Å². The Morgan fingerprint density at radius 3 is 2.56 bits per heavy atom. The fourth-order valence-corrected chi connectivity index (χ4v) is 0.673. The summed E-state index contributed by atoms with van der Waals surface area (Å²) in [6, 6.07) is -0.676. The second-order valence-corrected chi connectivity index (χ2v) is 1.70. The predicted octanol–water partition coefficient (Wildman–Crippen LogP) is 0.234. The van der Waals surface area contributed by atoms with Crippen LogP contribution in [0, 0.1) is 0 Å². The van der Waals surface area contributed by atoms with Gasteiger partial charge in [0.25, 0.3) is 0 Å². The first-order chi connectivity index (χ1) is 4.22. The van der Waals surface area contributed by atoms with Gasteiger partial charge < -0.3 is 5.32 Å². The molecule has 2 amide bonds. The number of nitrogens with zero attached hydrogens (tertiary/aromatic N) is 1. The van der Waals surface area contributed by atoms with Gasteiger partial charge in [0.05, 0.1) is 0 Å². The fraction of sp³-hybridized carbons (Fsp3) is 0.750. The average molecular weight is 136 g/mol. The second kappa shape index (κ2) is 2.16. The molecule has 0 saturated carbocycles. The summed E-state index contributed by atoms with van der Waals surface area (Å²) in [5.74, 6) is 0. The molecule has 0 unspecified atom stereocenters. The fourth-order valence-electron chi connectivity index (χ4n) is 0.673. The molecule has 1 fully saturated rings. The Balaban J connectivity index is 2.49. The molecule has 0 atom stereocenters. The number of halogens is 2. The van der Waals surface area contributed by atoms with E-state index in [2.05, 4.69) is 5.32 Å². The zero-order chi connectivity index (χ0) is 6.85. The lowest BCUT2D eigenvalue weighted by Crippen LogP contribution is -2.32. The minimum Gasteiger partial charge on any atom is -0.336 e. The third-order valence-electron chi connectivity index (χ3n) is 1.13. The Bertz CT molecular complexity index is 128. The lowest BCUT2D eigenvalue weighted by Gasteiger charge is -2.10. The summed E-state index contributed by atoms with van der Waals surface area (Å²) >= 11 is 0. The maximum Gasteiger partial charge on any atom is 0.321 e. The summed E-state index contributed by atoms with van der Waals surface area (Å²) in [6.45, 7) is -2.23. The molecule has 1 saturated heterocycles. The maximum atomic E-state index is 11.7. The zero-order valence-electron chi connectivity index (χ0n) is 4.60. The van der Waals surface area contributed by atoms with E-state index in [1.165, 1.54) is 0 Å². The van der Waals surface area contributed by atoms with Crippen molar-refractivity contribution < 1.29 is 13.6 Å². The van der Waals surface area contributed by atoms with E-state index in [1.54, 1.807) is 0 Å². The monoisotopic (exact) mass is 136 g/mol. The van der Waals surface area contributed by atoms with Crippen LogP contribution < -0.4 is 5.32 Å². The van der Waals surface area contributed by atoms with Gasteiger partial charge in [0, 0.05) is 13.1 Å². The molecular formula is C4H6F2N2O. The third-order valence-corrected chi connectivity index (χ3v) is 1.13. The van der Waals surface area contributed by atoms with Crippen LogP contribution in [0.15, 0.2) is 0 Å². The first kappa shape index (κ1) is 6.25. The number of nitrogens with one attached hydrogen (secondary N) is 1. The zero-order valence-corrected chi connectivity index (χ0v) is 4.60. The first-order valence-electron chi connectivity index (χ1n) is 2.54. The molecule has 1 heterocycles. The Kier molecular flexibility index (Phi) is 1.50. The molecule has 0 aromatic heterocycles. The van der Waals surface area contributed by atoms with Crippen molar-refractivity contribution in [3.05, 3.63) is 0 Å². The van der Waals surface area contributed by atoms with Gasteiger partial charge in [-0.3, -0.25) is 4.90 Å². The van der Waals surface area contributed by atoms with Crippen molar-refractivity contribution in [2.45, 2.75) is 6.55 Å². The average Bonchev–Trinajstić information content (AvgIpc) is 2.13. The lowest BCUT2D eigenvalue weighted by atomic mass is 10.6. The molecule has 0 aromatic rings. The lowest BCUT2D eigenvalue weighted by molar-refractivity contribution is 0.0147. The molecule has 0 aliphatic carbocycles. The molecule has 3 nitrogen and oxygen atoms in total. The van der Waals surface area contributed by atoms with E-state index in [1.807, 2.05) is 0 Å². The molecule has 1 aliphatic rings. The van der Waals surface area contributed by atoms with E-state index in [9.17, 15) is 13.6 Å². The summed E-state index contributed by atoms with van der Waals surface area (Å²) in [4.78, 5) is 10.8. The number of carbonyl (C=O) groups excluding carboxylic acids is 1. The third kappa shape index (κ3) is 1.09. The summed E-state index contributed by atoms with van der Waals surface area (Å²) < 4.78 is 23.3. The van der Waals surface area contributed by atoms with Crippen molar-refractivity contribution in [3.63, 3.8) is 0 Å². The highest BCUT2D eigenvalue weighted by Gasteiger charge is 2.26. The number of urea groups is 1. The van der Waals surface area contributed by atoms with Crippen molar-refractivity contribution in [1.29, 1.82) is 0 Å². The van der Waals surface area contributed by atoms with E-state index < -0.39 is 12.6 Å². The molecule has 0 aromatic carbocycles. The van der Waals surface area contributed by atoms with Gasteiger partial charge in [-0.25, -0.2) is 4.79 Å². The van der Waals surface area contributed by atoms with Gasteiger partial charge in [-0.1, -0.05) is 0 Å². The van der Waals surface area contributed by atoms with Crippen molar-refractivity contribution in [3.8, 4) is 0 Å². The smallest absolute Gasteiger partial charge is 0.321 e. The molecule has 0 spiro atoms. The number of amides is 2. The number of hydrogen-bond donors (Lipinski definition) is 1. The van der Waals surface area contributed by atoms with Crippen LogP contribution in [-0.2, 0) is 0 Å². The van der Waals surface area contributed by atoms with Crippen LogP contribution in [0.5, 0.6) is 0 Å². The maximum absolute atomic E-state index is 11.7. The summed E-state index contributed by atoms with van der Waals surface area (Å²) in [7, 11) is 0. The first-order valence-corrected chi connectivity index (χ1v) is 2.54. The number of rotatable bonds is 1. The molecule has 1 N–H and O–H groups in total. The summed E-state index contributed by atoms with van der Waals surface area (Å²) in [5.41, 5.74) is 0. The van der Waals surface area contributed by atoms with Crippen LogP contribution in [-0.4, -0.2) is 30.6 Å². The normalized spacial score (nSPS) is 19.0. The second-order valence-electron chi connectivity index (χ2n) is 1.70. The van der Waals surface area contributed by atoms with Gasteiger partial charge in [-0.05, 0) is 0 Å². The Labute approximate surface area is 50.6 Å². The minimum absolute atomic E-state index is 0.108.